The molecule has 9 heteroatoms. The van der Waals surface area contributed by atoms with Crippen LogP contribution in [0.1, 0.15) is 38.3 Å². The average molecular weight is 557 g/mol. The van der Waals surface area contributed by atoms with Gasteiger partial charge in [0.25, 0.3) is 0 Å². The standard InChI is InChI=1S/C21H34ClFN4O2.HI/c1-4-28-12-6-5-10-25-21(24-3)26-14-19(27-11-13-29-16(2)15-27)20-17(22)8-7-9-18(20)23;/h7-9,16,19H,4-6,10-15H2,1-3H3,(H2,24,25,26);1H. The molecule has 0 bridgehead atoms. The van der Waals surface area contributed by atoms with Gasteiger partial charge in [-0.15, -0.1) is 24.0 Å². The number of aliphatic imine (C=N–C) groups is 1. The molecule has 0 aliphatic carbocycles. The van der Waals surface area contributed by atoms with Gasteiger partial charge in [-0.2, -0.15) is 0 Å². The van der Waals surface area contributed by atoms with E-state index in [0.717, 1.165) is 45.7 Å². The number of hydrogen-bond donors (Lipinski definition) is 2. The first kappa shape index (κ1) is 27.4. The van der Waals surface area contributed by atoms with Crippen LogP contribution in [0.3, 0.4) is 0 Å². The fourth-order valence-corrected chi connectivity index (χ4v) is 3.75. The molecule has 0 spiro atoms. The van der Waals surface area contributed by atoms with Crippen molar-refractivity contribution in [3.8, 4) is 0 Å². The van der Waals surface area contributed by atoms with E-state index in [1.165, 1.54) is 6.07 Å². The van der Waals surface area contributed by atoms with Crippen LogP contribution >= 0.6 is 35.6 Å². The lowest BCUT2D eigenvalue weighted by molar-refractivity contribution is -0.0343. The summed E-state index contributed by atoms with van der Waals surface area (Å²) >= 11 is 6.39. The second kappa shape index (κ2) is 15.2. The Hall–Kier alpha value is -0.680. The van der Waals surface area contributed by atoms with E-state index in [4.69, 9.17) is 21.1 Å². The molecular weight excluding hydrogens is 522 g/mol. The first-order chi connectivity index (χ1) is 14.1. The predicted octanol–water partition coefficient (Wildman–Crippen LogP) is 3.84. The lowest BCUT2D eigenvalue weighted by Gasteiger charge is -2.38. The van der Waals surface area contributed by atoms with Crippen molar-refractivity contribution >= 4 is 41.5 Å². The van der Waals surface area contributed by atoms with Gasteiger partial charge < -0.3 is 20.1 Å². The van der Waals surface area contributed by atoms with Crippen molar-refractivity contribution in [3.05, 3.63) is 34.6 Å². The average Bonchev–Trinajstić information content (AvgIpc) is 2.71. The predicted molar refractivity (Wildman–Crippen MR) is 132 cm³/mol. The van der Waals surface area contributed by atoms with Crippen molar-refractivity contribution in [2.24, 2.45) is 4.99 Å². The van der Waals surface area contributed by atoms with Crippen molar-refractivity contribution in [1.29, 1.82) is 0 Å². The Labute approximate surface area is 201 Å². The normalized spacial score (nSPS) is 18.6. The third-order valence-electron chi connectivity index (χ3n) is 4.94. The summed E-state index contributed by atoms with van der Waals surface area (Å²) in [5.74, 6) is 0.405. The van der Waals surface area contributed by atoms with Crippen LogP contribution in [-0.2, 0) is 9.47 Å². The number of rotatable bonds is 10. The van der Waals surface area contributed by atoms with Gasteiger partial charge in [0.15, 0.2) is 5.96 Å². The number of unbranched alkanes of at least 4 members (excludes halogenated alkanes) is 1. The first-order valence-corrected chi connectivity index (χ1v) is 10.8. The Morgan fingerprint density at radius 2 is 2.20 bits per heavy atom. The molecule has 1 heterocycles. The Balaban J connectivity index is 0.00000450. The third-order valence-corrected chi connectivity index (χ3v) is 5.27. The van der Waals surface area contributed by atoms with Crippen LogP contribution in [0.4, 0.5) is 4.39 Å². The number of morpholine rings is 1. The van der Waals surface area contributed by atoms with Gasteiger partial charge in [-0.3, -0.25) is 9.89 Å². The molecule has 30 heavy (non-hydrogen) atoms. The zero-order chi connectivity index (χ0) is 21.1. The number of halogens is 3. The molecule has 0 aromatic heterocycles. The molecule has 0 radical (unpaired) electrons. The number of ether oxygens (including phenoxy) is 2. The van der Waals surface area contributed by atoms with Gasteiger partial charge in [-0.1, -0.05) is 17.7 Å². The van der Waals surface area contributed by atoms with E-state index in [9.17, 15) is 4.39 Å². The molecule has 1 saturated heterocycles. The molecule has 1 aromatic rings. The fourth-order valence-electron chi connectivity index (χ4n) is 3.47. The molecule has 1 aliphatic heterocycles. The van der Waals surface area contributed by atoms with Crippen LogP contribution in [-0.4, -0.2) is 70.0 Å². The van der Waals surface area contributed by atoms with Gasteiger partial charge in [0.1, 0.15) is 5.82 Å². The fraction of sp³-hybridized carbons (Fsp3) is 0.667. The highest BCUT2D eigenvalue weighted by Crippen LogP contribution is 2.31. The Morgan fingerprint density at radius 3 is 2.87 bits per heavy atom. The molecule has 2 unspecified atom stereocenters. The van der Waals surface area contributed by atoms with Gasteiger partial charge in [-0.25, -0.2) is 4.39 Å². The van der Waals surface area contributed by atoms with Gasteiger partial charge >= 0.3 is 0 Å². The number of nitrogens with one attached hydrogen (secondary N) is 2. The molecule has 1 aromatic carbocycles. The summed E-state index contributed by atoms with van der Waals surface area (Å²) in [5.41, 5.74) is 0.517. The highest BCUT2D eigenvalue weighted by Gasteiger charge is 2.29. The maximum atomic E-state index is 14.7. The molecule has 0 saturated carbocycles. The molecule has 1 fully saturated rings. The molecule has 1 aliphatic rings. The van der Waals surface area contributed by atoms with Crippen LogP contribution in [0.5, 0.6) is 0 Å². The van der Waals surface area contributed by atoms with Gasteiger partial charge in [-0.05, 0) is 38.8 Å². The quantitative estimate of drug-likeness (QED) is 0.199. The Kier molecular flexibility index (Phi) is 13.8. The molecule has 2 rings (SSSR count). The summed E-state index contributed by atoms with van der Waals surface area (Å²) in [6.45, 7) is 8.91. The summed E-state index contributed by atoms with van der Waals surface area (Å²) in [6.07, 6.45) is 2.08. The second-order valence-corrected chi connectivity index (χ2v) is 7.52. The van der Waals surface area contributed by atoms with E-state index in [1.807, 2.05) is 13.8 Å². The molecule has 0 amide bonds. The third kappa shape index (κ3) is 8.82. The van der Waals surface area contributed by atoms with Crippen LogP contribution in [0.15, 0.2) is 23.2 Å². The zero-order valence-electron chi connectivity index (χ0n) is 18.1. The van der Waals surface area contributed by atoms with E-state index in [-0.39, 0.29) is 41.9 Å². The van der Waals surface area contributed by atoms with Gasteiger partial charge in [0, 0.05) is 57.0 Å². The maximum absolute atomic E-state index is 14.7. The van der Waals surface area contributed by atoms with Crippen molar-refractivity contribution in [2.45, 2.75) is 38.8 Å². The lowest BCUT2D eigenvalue weighted by atomic mass is 10.0. The topological polar surface area (TPSA) is 58.1 Å². The SMILES string of the molecule is CCOCCCCNC(=NC)NCC(c1c(F)cccc1Cl)N1CCOC(C)C1.I. The van der Waals surface area contributed by atoms with Crippen LogP contribution in [0.2, 0.25) is 5.02 Å². The van der Waals surface area contributed by atoms with Crippen molar-refractivity contribution in [1.82, 2.24) is 15.5 Å². The minimum Gasteiger partial charge on any atom is -0.382 e. The van der Waals surface area contributed by atoms with Crippen LogP contribution < -0.4 is 10.6 Å². The summed E-state index contributed by atoms with van der Waals surface area (Å²) in [5, 5.41) is 7.08. The van der Waals surface area contributed by atoms with E-state index in [0.29, 0.717) is 29.7 Å². The number of guanidine groups is 1. The van der Waals surface area contributed by atoms with E-state index in [1.54, 1.807) is 19.2 Å². The summed E-state index contributed by atoms with van der Waals surface area (Å²) in [4.78, 5) is 6.51. The largest absolute Gasteiger partial charge is 0.382 e. The maximum Gasteiger partial charge on any atom is 0.191 e. The highest BCUT2D eigenvalue weighted by molar-refractivity contribution is 14.0. The number of hydrogen-bond acceptors (Lipinski definition) is 4. The van der Waals surface area contributed by atoms with E-state index >= 15 is 0 Å². The van der Waals surface area contributed by atoms with Crippen LogP contribution in [0.25, 0.3) is 0 Å². The minimum atomic E-state index is -0.290. The van der Waals surface area contributed by atoms with Crippen molar-refractivity contribution in [2.75, 3.05) is 53.0 Å². The van der Waals surface area contributed by atoms with Crippen molar-refractivity contribution in [3.63, 3.8) is 0 Å². The highest BCUT2D eigenvalue weighted by atomic mass is 127. The molecule has 172 valence electrons. The summed E-state index contributed by atoms with van der Waals surface area (Å²) in [6, 6.07) is 4.62. The minimum absolute atomic E-state index is 0. The smallest absolute Gasteiger partial charge is 0.191 e. The summed E-state index contributed by atoms with van der Waals surface area (Å²) in [7, 11) is 1.73. The van der Waals surface area contributed by atoms with Crippen molar-refractivity contribution < 1.29 is 13.9 Å². The van der Waals surface area contributed by atoms with E-state index < -0.39 is 0 Å². The molecule has 2 N–H and O–H groups in total. The monoisotopic (exact) mass is 556 g/mol. The Morgan fingerprint density at radius 1 is 1.40 bits per heavy atom. The molecular formula is C21H35ClFIN4O2. The van der Waals surface area contributed by atoms with Crippen LogP contribution in [0, 0.1) is 5.82 Å². The Bertz CT molecular complexity index is 633. The second-order valence-electron chi connectivity index (χ2n) is 7.11. The van der Waals surface area contributed by atoms with Gasteiger partial charge in [0.05, 0.1) is 18.8 Å². The first-order valence-electron chi connectivity index (χ1n) is 10.4. The van der Waals surface area contributed by atoms with E-state index in [2.05, 4.69) is 20.5 Å². The lowest BCUT2D eigenvalue weighted by Crippen LogP contribution is -2.48. The molecule has 6 nitrogen and oxygen atoms in total. The number of benzene rings is 1. The zero-order valence-corrected chi connectivity index (χ0v) is 21.2. The number of nitrogens with zero attached hydrogens (tertiary/aromatic N) is 2. The molecule has 2 atom stereocenters. The van der Waals surface area contributed by atoms with Gasteiger partial charge in [0.2, 0.25) is 0 Å². The summed E-state index contributed by atoms with van der Waals surface area (Å²) < 4.78 is 25.7.